The van der Waals surface area contributed by atoms with E-state index in [2.05, 4.69) is 21.3 Å². The van der Waals surface area contributed by atoms with E-state index in [1.807, 2.05) is 24.3 Å². The molecule has 0 aliphatic carbocycles. The molecule has 1 aromatic heterocycles. The Morgan fingerprint density at radius 1 is 1.38 bits per heavy atom. The molecule has 106 valence electrons. The predicted octanol–water partition coefficient (Wildman–Crippen LogP) is 0.905. The molecule has 0 bridgehead atoms. The second-order valence-electron chi connectivity index (χ2n) is 5.05. The molecule has 1 saturated heterocycles. The van der Waals surface area contributed by atoms with Crippen LogP contribution in [0.15, 0.2) is 30.5 Å². The molecule has 2 aromatic rings. The van der Waals surface area contributed by atoms with Gasteiger partial charge >= 0.3 is 5.97 Å². The van der Waals surface area contributed by atoms with Gasteiger partial charge in [0.25, 0.3) is 0 Å². The zero-order chi connectivity index (χ0) is 14.8. The Hall–Kier alpha value is -2.72. The minimum Gasteiger partial charge on any atom is -0.476 e. The second-order valence-corrected chi connectivity index (χ2v) is 5.05. The first kappa shape index (κ1) is 13.3. The van der Waals surface area contributed by atoms with Gasteiger partial charge in [-0.3, -0.25) is 4.90 Å². The average molecular weight is 283 g/mol. The molecule has 0 amide bonds. The first-order valence-electron chi connectivity index (χ1n) is 6.52. The highest BCUT2D eigenvalue weighted by atomic mass is 16.4. The third-order valence-corrected chi connectivity index (χ3v) is 3.53. The Labute approximate surface area is 121 Å². The van der Waals surface area contributed by atoms with Crippen molar-refractivity contribution in [1.82, 2.24) is 19.9 Å². The van der Waals surface area contributed by atoms with Crippen LogP contribution in [0.3, 0.4) is 0 Å². The number of rotatable bonds is 4. The fourth-order valence-electron chi connectivity index (χ4n) is 2.34. The molecule has 0 spiro atoms. The highest BCUT2D eigenvalue weighted by Crippen LogP contribution is 2.22. The Kier molecular flexibility index (Phi) is 3.38. The molecule has 3 rings (SSSR count). The van der Waals surface area contributed by atoms with Gasteiger partial charge in [-0.15, -0.1) is 5.10 Å². The number of carboxylic acid groups (broad SMARTS) is 1. The monoisotopic (exact) mass is 283 g/mol. The molecule has 1 aliphatic heterocycles. The summed E-state index contributed by atoms with van der Waals surface area (Å²) >= 11 is 0. The first-order chi connectivity index (χ1) is 10.2. The van der Waals surface area contributed by atoms with Crippen LogP contribution >= 0.6 is 0 Å². The summed E-state index contributed by atoms with van der Waals surface area (Å²) in [6.45, 7) is 2.42. The van der Waals surface area contributed by atoms with Crippen LogP contribution < -0.4 is 0 Å². The van der Waals surface area contributed by atoms with Crippen molar-refractivity contribution in [2.75, 3.05) is 13.1 Å². The SMILES string of the molecule is N#Cc1ccc(CN2CC(n3cc(C(=O)O)nn3)C2)cc1. The van der Waals surface area contributed by atoms with E-state index in [1.165, 1.54) is 6.20 Å². The number of carbonyl (C=O) groups is 1. The molecule has 1 fully saturated rings. The molecule has 0 atom stereocenters. The highest BCUT2D eigenvalue weighted by molar-refractivity contribution is 5.84. The van der Waals surface area contributed by atoms with Gasteiger partial charge in [0.2, 0.25) is 0 Å². The van der Waals surface area contributed by atoms with Gasteiger partial charge in [0.15, 0.2) is 5.69 Å². The van der Waals surface area contributed by atoms with E-state index >= 15 is 0 Å². The summed E-state index contributed by atoms with van der Waals surface area (Å²) in [6.07, 6.45) is 1.46. The standard InChI is InChI=1S/C14H13N5O2/c15-5-10-1-3-11(4-2-10)6-18-7-12(8-18)19-9-13(14(20)21)16-17-19/h1-4,9,12H,6-8H2,(H,20,21). The van der Waals surface area contributed by atoms with Crippen molar-refractivity contribution >= 4 is 5.97 Å². The third-order valence-electron chi connectivity index (χ3n) is 3.53. The number of carboxylic acids is 1. The Bertz CT molecular complexity index is 695. The van der Waals surface area contributed by atoms with Crippen LogP contribution in [-0.4, -0.2) is 44.1 Å². The molecule has 7 heteroatoms. The number of hydrogen-bond donors (Lipinski definition) is 1. The quantitative estimate of drug-likeness (QED) is 0.896. The van der Waals surface area contributed by atoms with Gasteiger partial charge in [-0.05, 0) is 17.7 Å². The average Bonchev–Trinajstić information content (AvgIpc) is 2.92. The van der Waals surface area contributed by atoms with Crippen LogP contribution in [0.2, 0.25) is 0 Å². The van der Waals surface area contributed by atoms with Gasteiger partial charge in [-0.1, -0.05) is 17.3 Å². The molecule has 0 unspecified atom stereocenters. The lowest BCUT2D eigenvalue weighted by Crippen LogP contribution is -2.47. The zero-order valence-electron chi connectivity index (χ0n) is 11.2. The van der Waals surface area contributed by atoms with Crippen molar-refractivity contribution in [1.29, 1.82) is 5.26 Å². The smallest absolute Gasteiger partial charge is 0.358 e. The van der Waals surface area contributed by atoms with E-state index < -0.39 is 5.97 Å². The predicted molar refractivity (Wildman–Crippen MR) is 72.5 cm³/mol. The van der Waals surface area contributed by atoms with Crippen molar-refractivity contribution in [3.05, 3.63) is 47.3 Å². The van der Waals surface area contributed by atoms with E-state index in [1.54, 1.807) is 4.68 Å². The molecular formula is C14H13N5O2. The van der Waals surface area contributed by atoms with E-state index in [0.717, 1.165) is 25.2 Å². The van der Waals surface area contributed by atoms with E-state index in [0.29, 0.717) is 5.56 Å². The summed E-state index contributed by atoms with van der Waals surface area (Å²) < 4.78 is 1.61. The molecule has 7 nitrogen and oxygen atoms in total. The lowest BCUT2D eigenvalue weighted by atomic mass is 10.1. The summed E-state index contributed by atoms with van der Waals surface area (Å²) in [5.41, 5.74) is 1.78. The van der Waals surface area contributed by atoms with Crippen LogP contribution in [-0.2, 0) is 6.54 Å². The molecule has 1 aliphatic rings. The molecule has 1 aromatic carbocycles. The number of likely N-dealkylation sites (tertiary alicyclic amines) is 1. The first-order valence-corrected chi connectivity index (χ1v) is 6.52. The lowest BCUT2D eigenvalue weighted by Gasteiger charge is -2.38. The summed E-state index contributed by atoms with van der Waals surface area (Å²) in [7, 11) is 0. The molecule has 0 radical (unpaired) electrons. The van der Waals surface area contributed by atoms with Gasteiger partial charge in [0, 0.05) is 19.6 Å². The van der Waals surface area contributed by atoms with E-state index in [4.69, 9.17) is 10.4 Å². The van der Waals surface area contributed by atoms with Crippen molar-refractivity contribution < 1.29 is 9.90 Å². The fourth-order valence-corrected chi connectivity index (χ4v) is 2.34. The molecular weight excluding hydrogens is 270 g/mol. The largest absolute Gasteiger partial charge is 0.476 e. The molecule has 2 heterocycles. The van der Waals surface area contributed by atoms with Crippen molar-refractivity contribution in [2.45, 2.75) is 12.6 Å². The zero-order valence-corrected chi connectivity index (χ0v) is 11.2. The second kappa shape index (κ2) is 5.34. The molecule has 21 heavy (non-hydrogen) atoms. The number of benzene rings is 1. The Balaban J connectivity index is 1.55. The van der Waals surface area contributed by atoms with Gasteiger partial charge in [0.05, 0.1) is 23.9 Å². The highest BCUT2D eigenvalue weighted by Gasteiger charge is 2.29. The number of nitrogens with zero attached hydrogens (tertiary/aromatic N) is 5. The normalized spacial score (nSPS) is 15.4. The lowest BCUT2D eigenvalue weighted by molar-refractivity contribution is 0.0690. The Morgan fingerprint density at radius 3 is 2.67 bits per heavy atom. The summed E-state index contributed by atoms with van der Waals surface area (Å²) in [4.78, 5) is 13.0. The van der Waals surface area contributed by atoms with Gasteiger partial charge in [-0.25, -0.2) is 9.48 Å². The molecule has 1 N–H and O–H groups in total. The fraction of sp³-hybridized carbons (Fsp3) is 0.286. The minimum absolute atomic E-state index is 0.0273. The van der Waals surface area contributed by atoms with Crippen LogP contribution in [0.4, 0.5) is 0 Å². The van der Waals surface area contributed by atoms with Crippen LogP contribution in [0.1, 0.15) is 27.7 Å². The maximum Gasteiger partial charge on any atom is 0.358 e. The van der Waals surface area contributed by atoms with Crippen LogP contribution in [0.25, 0.3) is 0 Å². The van der Waals surface area contributed by atoms with Crippen LogP contribution in [0.5, 0.6) is 0 Å². The number of nitriles is 1. The van der Waals surface area contributed by atoms with Crippen molar-refractivity contribution in [3.8, 4) is 6.07 Å². The van der Waals surface area contributed by atoms with Crippen LogP contribution in [0, 0.1) is 11.3 Å². The summed E-state index contributed by atoms with van der Waals surface area (Å²) in [5, 5.41) is 25.0. The van der Waals surface area contributed by atoms with E-state index in [-0.39, 0.29) is 11.7 Å². The minimum atomic E-state index is -1.06. The van der Waals surface area contributed by atoms with Gasteiger partial charge in [-0.2, -0.15) is 5.26 Å². The Morgan fingerprint density at radius 2 is 2.10 bits per heavy atom. The van der Waals surface area contributed by atoms with E-state index in [9.17, 15) is 4.79 Å². The maximum atomic E-state index is 10.8. The topological polar surface area (TPSA) is 95.0 Å². The number of aromatic carboxylic acids is 1. The number of aromatic nitrogens is 3. The third kappa shape index (κ3) is 2.75. The maximum absolute atomic E-state index is 10.8. The van der Waals surface area contributed by atoms with Crippen molar-refractivity contribution in [2.24, 2.45) is 0 Å². The number of hydrogen-bond acceptors (Lipinski definition) is 5. The van der Waals surface area contributed by atoms with Crippen molar-refractivity contribution in [3.63, 3.8) is 0 Å². The molecule has 0 saturated carbocycles. The summed E-state index contributed by atoms with van der Waals surface area (Å²) in [6, 6.07) is 9.78. The van der Waals surface area contributed by atoms with Gasteiger partial charge < -0.3 is 5.11 Å². The summed E-state index contributed by atoms with van der Waals surface area (Å²) in [5.74, 6) is -1.06. The van der Waals surface area contributed by atoms with Gasteiger partial charge in [0.1, 0.15) is 0 Å².